The lowest BCUT2D eigenvalue weighted by molar-refractivity contribution is 0.105. The van der Waals surface area contributed by atoms with Gasteiger partial charge in [0.25, 0.3) is 0 Å². The third-order valence-electron chi connectivity index (χ3n) is 5.36. The number of aromatic nitrogens is 2. The summed E-state index contributed by atoms with van der Waals surface area (Å²) in [5, 5.41) is 15.0. The number of rotatable bonds is 3. The Morgan fingerprint density at radius 2 is 1.60 bits per heavy atom. The summed E-state index contributed by atoms with van der Waals surface area (Å²) in [6.07, 6.45) is 0. The molecule has 1 aliphatic carbocycles. The fourth-order valence-electron chi connectivity index (χ4n) is 3.75. The van der Waals surface area contributed by atoms with Gasteiger partial charge in [-0.05, 0) is 43.2 Å². The quantitative estimate of drug-likeness (QED) is 0.473. The fourth-order valence-corrected chi connectivity index (χ4v) is 3.75. The smallest absolute Gasteiger partial charge is 0.201 e. The molecule has 0 saturated carbocycles. The molecule has 0 amide bonds. The molecule has 5 heteroatoms. The molecule has 3 aromatic carbocycles. The van der Waals surface area contributed by atoms with E-state index >= 15 is 0 Å². The van der Waals surface area contributed by atoms with Crippen molar-refractivity contribution in [3.05, 3.63) is 94.8 Å². The van der Waals surface area contributed by atoms with Crippen molar-refractivity contribution in [2.75, 3.05) is 5.32 Å². The Morgan fingerprint density at radius 3 is 2.40 bits per heavy atom. The van der Waals surface area contributed by atoms with E-state index in [0.29, 0.717) is 22.5 Å². The van der Waals surface area contributed by atoms with Gasteiger partial charge < -0.3 is 10.4 Å². The van der Waals surface area contributed by atoms with Crippen LogP contribution in [0.2, 0.25) is 0 Å². The number of hydrogen-bond acceptors (Lipinski definition) is 5. The topological polar surface area (TPSA) is 75.1 Å². The molecule has 0 radical (unpaired) electrons. The first-order valence-corrected chi connectivity index (χ1v) is 9.71. The Balaban J connectivity index is 1.70. The second kappa shape index (κ2) is 6.81. The van der Waals surface area contributed by atoms with Gasteiger partial charge in [-0.15, -0.1) is 0 Å². The minimum Gasteiger partial charge on any atom is -0.506 e. The zero-order chi connectivity index (χ0) is 20.8. The average Bonchev–Trinajstić information content (AvgIpc) is 3.01. The van der Waals surface area contributed by atoms with Crippen LogP contribution in [0.1, 0.15) is 32.9 Å². The van der Waals surface area contributed by atoms with E-state index in [1.807, 2.05) is 44.2 Å². The Morgan fingerprint density at radius 1 is 0.867 bits per heavy atom. The monoisotopic (exact) mass is 393 g/mol. The Kier molecular flexibility index (Phi) is 4.10. The van der Waals surface area contributed by atoms with E-state index in [2.05, 4.69) is 27.4 Å². The van der Waals surface area contributed by atoms with Crippen LogP contribution in [-0.2, 0) is 0 Å². The first kappa shape index (κ1) is 18.1. The number of aliphatic hydroxyl groups excluding tert-OH is 1. The molecule has 146 valence electrons. The Bertz CT molecular complexity index is 1370. The van der Waals surface area contributed by atoms with E-state index in [4.69, 9.17) is 0 Å². The highest BCUT2D eigenvalue weighted by atomic mass is 16.3. The number of hydrogen-bond donors (Lipinski definition) is 2. The normalized spacial score (nSPS) is 13.1. The van der Waals surface area contributed by atoms with Gasteiger partial charge in [-0.3, -0.25) is 4.79 Å². The van der Waals surface area contributed by atoms with Crippen molar-refractivity contribution in [2.45, 2.75) is 13.8 Å². The van der Waals surface area contributed by atoms with E-state index in [9.17, 15) is 9.90 Å². The second-order valence-corrected chi connectivity index (χ2v) is 7.45. The summed E-state index contributed by atoms with van der Waals surface area (Å²) in [7, 11) is 0. The van der Waals surface area contributed by atoms with Gasteiger partial charge in [0, 0.05) is 22.2 Å². The van der Waals surface area contributed by atoms with E-state index in [1.165, 1.54) is 0 Å². The number of ketones is 1. The minimum atomic E-state index is -0.268. The summed E-state index contributed by atoms with van der Waals surface area (Å²) in [6.45, 7) is 4.06. The predicted molar refractivity (Wildman–Crippen MR) is 119 cm³/mol. The number of carbonyl (C=O) groups is 1. The number of allylic oxidation sites excluding steroid dienone is 1. The van der Waals surface area contributed by atoms with E-state index in [1.54, 1.807) is 24.3 Å². The van der Waals surface area contributed by atoms with Crippen molar-refractivity contribution in [1.82, 2.24) is 9.97 Å². The van der Waals surface area contributed by atoms with Crippen molar-refractivity contribution in [2.24, 2.45) is 0 Å². The van der Waals surface area contributed by atoms with Crippen LogP contribution < -0.4 is 5.32 Å². The predicted octanol–water partition coefficient (Wildman–Crippen LogP) is 5.61. The van der Waals surface area contributed by atoms with Crippen LogP contribution in [0.5, 0.6) is 0 Å². The molecule has 0 unspecified atom stereocenters. The fraction of sp³-hybridized carbons (Fsp3) is 0.0800. The average molecular weight is 393 g/mol. The van der Waals surface area contributed by atoms with Gasteiger partial charge in [-0.1, -0.05) is 48.5 Å². The number of nitrogens with one attached hydrogen (secondary N) is 1. The number of aryl methyl sites for hydroxylation is 2. The van der Waals surface area contributed by atoms with Crippen LogP contribution >= 0.6 is 0 Å². The van der Waals surface area contributed by atoms with Crippen LogP contribution in [0.25, 0.3) is 22.2 Å². The number of Topliss-reactive ketones (excluding diaryl/α,β-unsaturated/α-hetero) is 1. The van der Waals surface area contributed by atoms with Crippen molar-refractivity contribution in [3.63, 3.8) is 0 Å². The van der Waals surface area contributed by atoms with Gasteiger partial charge in [-0.2, -0.15) is 0 Å². The number of fused-ring (bicyclic) bond motifs is 2. The van der Waals surface area contributed by atoms with Gasteiger partial charge in [0.2, 0.25) is 5.78 Å². The molecule has 4 aromatic rings. The molecular formula is C25H19N3O2. The Hall–Kier alpha value is -3.99. The maximum absolute atomic E-state index is 13.0. The molecule has 0 atom stereocenters. The number of para-hydroxylation sites is 1. The number of aliphatic hydroxyl groups is 1. The third kappa shape index (κ3) is 2.83. The zero-order valence-corrected chi connectivity index (χ0v) is 16.6. The largest absolute Gasteiger partial charge is 0.506 e. The van der Waals surface area contributed by atoms with Crippen LogP contribution in [0.15, 0.2) is 66.7 Å². The standard InChI is InChI=1S/C25H19N3O2/c1-14-11-12-15(2)20(13-14)27-24-18-9-5-6-10-19(18)26-25(28-24)21-22(29)16-7-3-4-8-17(16)23(21)30/h3-13,29H,1-2H3,(H,26,27,28). The maximum atomic E-state index is 13.0. The lowest BCUT2D eigenvalue weighted by Crippen LogP contribution is -2.06. The molecule has 0 aliphatic heterocycles. The lowest BCUT2D eigenvalue weighted by atomic mass is 10.1. The van der Waals surface area contributed by atoms with Gasteiger partial charge >= 0.3 is 0 Å². The van der Waals surface area contributed by atoms with Gasteiger partial charge in [0.1, 0.15) is 17.2 Å². The van der Waals surface area contributed by atoms with Gasteiger partial charge in [0.15, 0.2) is 5.82 Å². The van der Waals surface area contributed by atoms with Gasteiger partial charge in [0.05, 0.1) is 5.52 Å². The molecule has 1 heterocycles. The number of benzene rings is 3. The Labute approximate surface area is 173 Å². The molecule has 2 N–H and O–H groups in total. The highest BCUT2D eigenvalue weighted by molar-refractivity contribution is 6.38. The van der Waals surface area contributed by atoms with E-state index in [-0.39, 0.29) is 22.9 Å². The summed E-state index contributed by atoms with van der Waals surface area (Å²) >= 11 is 0. The third-order valence-corrected chi connectivity index (χ3v) is 5.36. The van der Waals surface area contributed by atoms with Crippen LogP contribution in [0, 0.1) is 13.8 Å². The summed E-state index contributed by atoms with van der Waals surface area (Å²) in [5.41, 5.74) is 4.94. The summed E-state index contributed by atoms with van der Waals surface area (Å²) < 4.78 is 0. The summed E-state index contributed by atoms with van der Waals surface area (Å²) in [6, 6.07) is 20.8. The molecule has 30 heavy (non-hydrogen) atoms. The molecule has 0 saturated heterocycles. The first-order valence-electron chi connectivity index (χ1n) is 9.71. The van der Waals surface area contributed by atoms with E-state index in [0.717, 1.165) is 22.2 Å². The van der Waals surface area contributed by atoms with Gasteiger partial charge in [-0.25, -0.2) is 9.97 Å². The number of nitrogens with zero attached hydrogens (tertiary/aromatic N) is 2. The molecule has 5 rings (SSSR count). The molecular weight excluding hydrogens is 374 g/mol. The molecule has 5 nitrogen and oxygen atoms in total. The SMILES string of the molecule is Cc1ccc(C)c(Nc2nc(C3=C(O)c4ccccc4C3=O)nc3ccccc23)c1. The van der Waals surface area contributed by atoms with Crippen molar-refractivity contribution < 1.29 is 9.90 Å². The van der Waals surface area contributed by atoms with Crippen molar-refractivity contribution >= 4 is 39.5 Å². The number of carbonyl (C=O) groups excluding carboxylic acids is 1. The maximum Gasteiger partial charge on any atom is 0.201 e. The highest BCUT2D eigenvalue weighted by Crippen LogP contribution is 2.37. The molecule has 0 spiro atoms. The van der Waals surface area contributed by atoms with Crippen molar-refractivity contribution in [1.29, 1.82) is 0 Å². The van der Waals surface area contributed by atoms with Crippen LogP contribution in [0.4, 0.5) is 11.5 Å². The first-order chi connectivity index (χ1) is 14.5. The highest BCUT2D eigenvalue weighted by Gasteiger charge is 2.32. The molecule has 0 fully saturated rings. The molecule has 1 aromatic heterocycles. The van der Waals surface area contributed by atoms with E-state index < -0.39 is 0 Å². The second-order valence-electron chi connectivity index (χ2n) is 7.45. The minimum absolute atomic E-state index is 0.0800. The molecule has 1 aliphatic rings. The zero-order valence-electron chi connectivity index (χ0n) is 16.6. The number of anilines is 2. The van der Waals surface area contributed by atoms with Crippen molar-refractivity contribution in [3.8, 4) is 0 Å². The molecule has 0 bridgehead atoms. The summed E-state index contributed by atoms with van der Waals surface area (Å²) in [5.74, 6) is 0.452. The van der Waals surface area contributed by atoms with Crippen LogP contribution in [0.3, 0.4) is 0 Å². The van der Waals surface area contributed by atoms with Crippen LogP contribution in [-0.4, -0.2) is 20.9 Å². The lowest BCUT2D eigenvalue weighted by Gasteiger charge is -2.13. The summed E-state index contributed by atoms with van der Waals surface area (Å²) in [4.78, 5) is 22.3.